The van der Waals surface area contributed by atoms with E-state index in [-0.39, 0.29) is 0 Å². The molecule has 1 saturated heterocycles. The summed E-state index contributed by atoms with van der Waals surface area (Å²) < 4.78 is 9.80. The van der Waals surface area contributed by atoms with Crippen molar-refractivity contribution in [1.82, 2.24) is 19.0 Å². The Labute approximate surface area is 210 Å². The molecule has 0 spiro atoms. The molecule has 0 unspecified atom stereocenters. The fourth-order valence-electron chi connectivity index (χ4n) is 5.49. The summed E-state index contributed by atoms with van der Waals surface area (Å²) >= 11 is 3.43. The molecule has 1 saturated carbocycles. The smallest absolute Gasteiger partial charge is 0.150 e. The van der Waals surface area contributed by atoms with E-state index in [1.165, 1.54) is 70.4 Å². The Balaban J connectivity index is 0.918. The number of fused-ring (bicyclic) bond motifs is 2. The van der Waals surface area contributed by atoms with Gasteiger partial charge < -0.3 is 9.88 Å². The summed E-state index contributed by atoms with van der Waals surface area (Å²) in [6.07, 6.45) is 8.79. The first kappa shape index (κ1) is 22.4. The van der Waals surface area contributed by atoms with Crippen LogP contribution in [0.3, 0.4) is 0 Å². The predicted octanol–water partition coefficient (Wildman–Crippen LogP) is 6.15. The molecule has 2 aromatic heterocycles. The molecule has 7 heteroatoms. The largest absolute Gasteiger partial charge is 0.360 e. The number of hydrogen-bond donors (Lipinski definition) is 2. The Hall–Kier alpha value is -2.06. The number of piperazine rings is 1. The lowest BCUT2D eigenvalue weighted by Gasteiger charge is -2.36. The normalized spacial score (nSPS) is 22.1. The standard InChI is InChI=1S/C27H33N5S2/c1-3-7-24-22(5-1)26(19-28-24)34-29-21-11-9-20(10-12-21)13-14-31-15-17-32(18-16-31)27-23-6-2-4-8-25(23)33-30-27/h1-8,19-21,28-29H,9-18H2. The van der Waals surface area contributed by atoms with Crippen LogP contribution in [-0.4, -0.2) is 53.0 Å². The first-order chi connectivity index (χ1) is 16.8. The molecule has 178 valence electrons. The molecule has 1 aliphatic carbocycles. The van der Waals surface area contributed by atoms with Crippen molar-refractivity contribution >= 4 is 50.3 Å². The van der Waals surface area contributed by atoms with Crippen molar-refractivity contribution < 1.29 is 0 Å². The van der Waals surface area contributed by atoms with E-state index in [9.17, 15) is 0 Å². The fraction of sp³-hybridized carbons (Fsp3) is 0.444. The molecule has 2 fully saturated rings. The number of nitrogens with one attached hydrogen (secondary N) is 2. The summed E-state index contributed by atoms with van der Waals surface area (Å²) in [6, 6.07) is 17.8. The second-order valence-corrected chi connectivity index (χ2v) is 11.4. The molecule has 0 bridgehead atoms. The third-order valence-electron chi connectivity index (χ3n) is 7.62. The summed E-state index contributed by atoms with van der Waals surface area (Å²) in [7, 11) is 0. The van der Waals surface area contributed by atoms with E-state index < -0.39 is 0 Å². The van der Waals surface area contributed by atoms with E-state index in [0.29, 0.717) is 6.04 Å². The molecule has 0 radical (unpaired) electrons. The molecule has 0 amide bonds. The van der Waals surface area contributed by atoms with Gasteiger partial charge in [0.1, 0.15) is 5.82 Å². The number of H-pyrrole nitrogens is 1. The molecule has 6 rings (SSSR count). The number of anilines is 1. The summed E-state index contributed by atoms with van der Waals surface area (Å²) in [5, 5.41) is 2.63. The van der Waals surface area contributed by atoms with Crippen LogP contribution in [0.15, 0.2) is 59.6 Å². The SMILES string of the molecule is c1ccc2c(SNC3CCC(CCN4CCN(c5nsc6ccccc56)CC4)CC3)c[nH]c2c1. The molecule has 5 nitrogen and oxygen atoms in total. The van der Waals surface area contributed by atoms with Gasteiger partial charge in [0.2, 0.25) is 0 Å². The maximum Gasteiger partial charge on any atom is 0.150 e. The molecular weight excluding hydrogens is 458 g/mol. The van der Waals surface area contributed by atoms with Gasteiger partial charge in [0.25, 0.3) is 0 Å². The van der Waals surface area contributed by atoms with Crippen molar-refractivity contribution in [3.05, 3.63) is 54.7 Å². The summed E-state index contributed by atoms with van der Waals surface area (Å²) in [6.45, 7) is 5.75. The number of aromatic amines is 1. The van der Waals surface area contributed by atoms with Crippen LogP contribution < -0.4 is 9.62 Å². The number of benzene rings is 2. The average Bonchev–Trinajstić information content (AvgIpc) is 3.52. The van der Waals surface area contributed by atoms with Gasteiger partial charge in [-0.3, -0.25) is 9.62 Å². The molecule has 34 heavy (non-hydrogen) atoms. The minimum absolute atomic E-state index is 0.631. The summed E-state index contributed by atoms with van der Waals surface area (Å²) in [4.78, 5) is 9.84. The van der Waals surface area contributed by atoms with Gasteiger partial charge in [0, 0.05) is 59.6 Å². The molecular formula is C27H33N5S2. The third-order valence-corrected chi connectivity index (χ3v) is 9.44. The predicted molar refractivity (Wildman–Crippen MR) is 146 cm³/mol. The van der Waals surface area contributed by atoms with Gasteiger partial charge >= 0.3 is 0 Å². The number of aromatic nitrogens is 2. The van der Waals surface area contributed by atoms with Gasteiger partial charge in [-0.05, 0) is 86.2 Å². The van der Waals surface area contributed by atoms with Crippen LogP contribution in [0.5, 0.6) is 0 Å². The Bertz CT molecular complexity index is 1220. The molecule has 2 aromatic carbocycles. The first-order valence-electron chi connectivity index (χ1n) is 12.6. The van der Waals surface area contributed by atoms with Gasteiger partial charge in [0.15, 0.2) is 0 Å². The van der Waals surface area contributed by atoms with Crippen molar-refractivity contribution in [3.8, 4) is 0 Å². The maximum atomic E-state index is 4.76. The van der Waals surface area contributed by atoms with Crippen molar-refractivity contribution in [2.24, 2.45) is 5.92 Å². The van der Waals surface area contributed by atoms with Crippen LogP contribution in [0.4, 0.5) is 5.82 Å². The van der Waals surface area contributed by atoms with E-state index in [0.717, 1.165) is 32.1 Å². The third kappa shape index (κ3) is 4.85. The van der Waals surface area contributed by atoms with Crippen molar-refractivity contribution in [2.45, 2.75) is 43.0 Å². The van der Waals surface area contributed by atoms with Crippen LogP contribution in [0, 0.1) is 5.92 Å². The topological polar surface area (TPSA) is 47.2 Å². The van der Waals surface area contributed by atoms with E-state index in [2.05, 4.69) is 74.2 Å². The lowest BCUT2D eigenvalue weighted by Crippen LogP contribution is -2.47. The highest BCUT2D eigenvalue weighted by Gasteiger charge is 2.24. The zero-order chi connectivity index (χ0) is 22.7. The van der Waals surface area contributed by atoms with Crippen LogP contribution >= 0.6 is 23.5 Å². The highest BCUT2D eigenvalue weighted by Crippen LogP contribution is 2.32. The van der Waals surface area contributed by atoms with Crippen LogP contribution in [-0.2, 0) is 0 Å². The number of rotatable bonds is 7. The lowest BCUT2D eigenvalue weighted by molar-refractivity contribution is 0.215. The quantitative estimate of drug-likeness (QED) is 0.304. The second-order valence-electron chi connectivity index (χ2n) is 9.76. The Morgan fingerprint density at radius 3 is 2.56 bits per heavy atom. The number of hydrogen-bond acceptors (Lipinski definition) is 6. The Morgan fingerprint density at radius 2 is 1.71 bits per heavy atom. The average molecular weight is 492 g/mol. The minimum atomic E-state index is 0.631. The van der Waals surface area contributed by atoms with Gasteiger partial charge in [-0.15, -0.1) is 0 Å². The molecule has 3 heterocycles. The van der Waals surface area contributed by atoms with Crippen molar-refractivity contribution in [2.75, 3.05) is 37.6 Å². The number of nitrogens with zero attached hydrogens (tertiary/aromatic N) is 3. The zero-order valence-corrected chi connectivity index (χ0v) is 21.2. The molecule has 0 atom stereocenters. The monoisotopic (exact) mass is 491 g/mol. The molecule has 4 aromatic rings. The highest BCUT2D eigenvalue weighted by molar-refractivity contribution is 7.97. The summed E-state index contributed by atoms with van der Waals surface area (Å²) in [5.41, 5.74) is 1.22. The summed E-state index contributed by atoms with van der Waals surface area (Å²) in [5.74, 6) is 2.08. The molecule has 1 aliphatic heterocycles. The van der Waals surface area contributed by atoms with Gasteiger partial charge in [0.05, 0.1) is 4.70 Å². The fourth-order valence-corrected chi connectivity index (χ4v) is 7.23. The van der Waals surface area contributed by atoms with E-state index in [1.54, 1.807) is 23.5 Å². The number of para-hydroxylation sites is 1. The Kier molecular flexibility index (Phi) is 6.78. The first-order valence-corrected chi connectivity index (χ1v) is 14.2. The highest BCUT2D eigenvalue weighted by atomic mass is 32.2. The van der Waals surface area contributed by atoms with Crippen molar-refractivity contribution in [1.29, 1.82) is 0 Å². The van der Waals surface area contributed by atoms with E-state index in [4.69, 9.17) is 4.37 Å². The molecule has 2 N–H and O–H groups in total. The maximum absolute atomic E-state index is 4.76. The van der Waals surface area contributed by atoms with Gasteiger partial charge in [-0.2, -0.15) is 4.37 Å². The van der Waals surface area contributed by atoms with Crippen LogP contribution in [0.1, 0.15) is 32.1 Å². The van der Waals surface area contributed by atoms with Gasteiger partial charge in [-0.1, -0.05) is 30.3 Å². The van der Waals surface area contributed by atoms with E-state index in [1.807, 2.05) is 0 Å². The molecule has 2 aliphatic rings. The van der Waals surface area contributed by atoms with Crippen molar-refractivity contribution in [3.63, 3.8) is 0 Å². The second kappa shape index (κ2) is 10.3. The minimum Gasteiger partial charge on any atom is -0.360 e. The lowest BCUT2D eigenvalue weighted by atomic mass is 9.84. The van der Waals surface area contributed by atoms with Crippen LogP contribution in [0.2, 0.25) is 0 Å². The van der Waals surface area contributed by atoms with Crippen LogP contribution in [0.25, 0.3) is 21.0 Å². The van der Waals surface area contributed by atoms with Gasteiger partial charge in [-0.25, -0.2) is 0 Å². The zero-order valence-electron chi connectivity index (χ0n) is 19.6. The van der Waals surface area contributed by atoms with E-state index >= 15 is 0 Å². The Morgan fingerprint density at radius 1 is 0.941 bits per heavy atom.